The third-order valence-corrected chi connectivity index (χ3v) is 5.20. The van der Waals surface area contributed by atoms with Gasteiger partial charge in [0.05, 0.1) is 27.3 Å². The van der Waals surface area contributed by atoms with Crippen LogP contribution in [0.25, 0.3) is 0 Å². The van der Waals surface area contributed by atoms with Crippen LogP contribution in [0.2, 0.25) is 5.02 Å². The number of ether oxygens (including phenoxy) is 1. The van der Waals surface area contributed by atoms with Gasteiger partial charge in [0, 0.05) is 6.61 Å². The van der Waals surface area contributed by atoms with Crippen LogP contribution in [0.1, 0.15) is 23.2 Å². The van der Waals surface area contributed by atoms with Crippen molar-refractivity contribution in [1.82, 2.24) is 0 Å². The van der Waals surface area contributed by atoms with Gasteiger partial charge in [0.15, 0.2) is 9.84 Å². The van der Waals surface area contributed by atoms with Gasteiger partial charge in [0.25, 0.3) is 0 Å². The van der Waals surface area contributed by atoms with E-state index in [4.69, 9.17) is 21.4 Å². The predicted molar refractivity (Wildman–Crippen MR) is 69.4 cm³/mol. The lowest BCUT2D eigenvalue weighted by Crippen LogP contribution is -2.20. The first-order valence-corrected chi connectivity index (χ1v) is 7.80. The van der Waals surface area contributed by atoms with E-state index < -0.39 is 15.8 Å². The van der Waals surface area contributed by atoms with E-state index in [2.05, 4.69) is 0 Å². The second-order valence-corrected chi connectivity index (χ2v) is 6.78. The van der Waals surface area contributed by atoms with E-state index in [1.54, 1.807) is 0 Å². The topological polar surface area (TPSA) is 80.7 Å². The molecule has 0 spiro atoms. The highest BCUT2D eigenvalue weighted by molar-refractivity contribution is 7.91. The highest BCUT2D eigenvalue weighted by atomic mass is 35.5. The Morgan fingerprint density at radius 1 is 1.47 bits per heavy atom. The van der Waals surface area contributed by atoms with Crippen LogP contribution < -0.4 is 0 Å². The Kier molecular flexibility index (Phi) is 4.13. The number of carboxylic acid groups (broad SMARTS) is 1. The molecule has 19 heavy (non-hydrogen) atoms. The lowest BCUT2D eigenvalue weighted by molar-refractivity contribution is 0.0696. The summed E-state index contributed by atoms with van der Waals surface area (Å²) in [6.07, 6.45) is 1.19. The van der Waals surface area contributed by atoms with E-state index >= 15 is 0 Å². The second-order valence-electron chi connectivity index (χ2n) is 4.37. The fourth-order valence-corrected chi connectivity index (χ4v) is 4.06. The van der Waals surface area contributed by atoms with E-state index in [0.29, 0.717) is 13.0 Å². The predicted octanol–water partition coefficient (Wildman–Crippen LogP) is 1.99. The number of aromatic carboxylic acids is 1. The molecule has 1 heterocycles. The number of sulfone groups is 1. The average molecular weight is 305 g/mol. The number of hydrogen-bond acceptors (Lipinski definition) is 4. The summed E-state index contributed by atoms with van der Waals surface area (Å²) in [7, 11) is -3.65. The van der Waals surface area contributed by atoms with Crippen molar-refractivity contribution in [1.29, 1.82) is 0 Å². The molecule has 2 rings (SSSR count). The van der Waals surface area contributed by atoms with Crippen molar-refractivity contribution in [2.45, 2.75) is 23.8 Å². The normalized spacial score (nSPS) is 19.5. The average Bonchev–Trinajstić information content (AvgIpc) is 2.81. The van der Waals surface area contributed by atoms with Crippen LogP contribution >= 0.6 is 11.6 Å². The van der Waals surface area contributed by atoms with Gasteiger partial charge in [-0.2, -0.15) is 0 Å². The van der Waals surface area contributed by atoms with Gasteiger partial charge < -0.3 is 9.84 Å². The fourth-order valence-electron chi connectivity index (χ4n) is 1.99. The number of halogens is 1. The zero-order valence-electron chi connectivity index (χ0n) is 10.0. The molecule has 0 radical (unpaired) electrons. The molecule has 0 bridgehead atoms. The molecule has 1 aliphatic heterocycles. The lowest BCUT2D eigenvalue weighted by Gasteiger charge is -2.11. The molecule has 104 valence electrons. The van der Waals surface area contributed by atoms with Crippen LogP contribution in [0.4, 0.5) is 0 Å². The number of hydrogen-bond donors (Lipinski definition) is 1. The number of rotatable bonds is 4. The monoisotopic (exact) mass is 304 g/mol. The highest BCUT2D eigenvalue weighted by Crippen LogP contribution is 2.26. The highest BCUT2D eigenvalue weighted by Gasteiger charge is 2.27. The summed E-state index contributed by atoms with van der Waals surface area (Å²) in [4.78, 5) is 10.7. The molecular weight excluding hydrogens is 292 g/mol. The molecule has 1 fully saturated rings. The molecule has 0 saturated carbocycles. The van der Waals surface area contributed by atoms with Gasteiger partial charge in [-0.3, -0.25) is 0 Å². The largest absolute Gasteiger partial charge is 0.478 e. The quantitative estimate of drug-likeness (QED) is 0.920. The summed E-state index contributed by atoms with van der Waals surface area (Å²) in [5, 5.41) is 8.92. The zero-order chi connectivity index (χ0) is 14.0. The standard InChI is InChI=1S/C12H13ClO5S/c13-10-4-3-8(12(14)15)6-11(10)19(16,17)7-9-2-1-5-18-9/h3-4,6,9H,1-2,5,7H2,(H,14,15). The van der Waals surface area contributed by atoms with Gasteiger partial charge in [0.1, 0.15) is 0 Å². The first kappa shape index (κ1) is 14.3. The smallest absolute Gasteiger partial charge is 0.335 e. The maximum atomic E-state index is 12.2. The molecule has 0 aromatic heterocycles. The van der Waals surface area contributed by atoms with Gasteiger partial charge in [-0.05, 0) is 31.0 Å². The molecule has 1 saturated heterocycles. The van der Waals surface area contributed by atoms with E-state index in [-0.39, 0.29) is 27.3 Å². The molecular formula is C12H13ClO5S. The molecule has 0 aliphatic carbocycles. The maximum Gasteiger partial charge on any atom is 0.335 e. The summed E-state index contributed by atoms with van der Waals surface area (Å²) in [6, 6.07) is 3.65. The first-order valence-electron chi connectivity index (χ1n) is 5.77. The van der Waals surface area contributed by atoms with E-state index in [1.807, 2.05) is 0 Å². The van der Waals surface area contributed by atoms with Crippen molar-refractivity contribution in [2.75, 3.05) is 12.4 Å². The number of carbonyl (C=O) groups is 1. The van der Waals surface area contributed by atoms with Gasteiger partial charge in [0.2, 0.25) is 0 Å². The molecule has 1 atom stereocenters. The minimum Gasteiger partial charge on any atom is -0.478 e. The Morgan fingerprint density at radius 3 is 2.79 bits per heavy atom. The molecule has 7 heteroatoms. The van der Waals surface area contributed by atoms with Crippen LogP contribution in [0.15, 0.2) is 23.1 Å². The minimum absolute atomic E-state index is 0.0306. The first-order chi connectivity index (χ1) is 8.90. The van der Waals surface area contributed by atoms with Gasteiger partial charge >= 0.3 is 5.97 Å². The molecule has 5 nitrogen and oxygen atoms in total. The van der Waals surface area contributed by atoms with Crippen LogP contribution in [-0.4, -0.2) is 38.0 Å². The molecule has 1 N–H and O–H groups in total. The summed E-state index contributed by atoms with van der Waals surface area (Å²) in [6.45, 7) is 0.559. The summed E-state index contributed by atoms with van der Waals surface area (Å²) < 4.78 is 29.7. The Bertz CT molecular complexity index is 590. The van der Waals surface area contributed by atoms with Gasteiger partial charge in [-0.1, -0.05) is 11.6 Å². The Hall–Kier alpha value is -1.11. The lowest BCUT2D eigenvalue weighted by atomic mass is 10.2. The summed E-state index contributed by atoms with van der Waals surface area (Å²) in [5.41, 5.74) is -0.102. The van der Waals surface area contributed by atoms with E-state index in [9.17, 15) is 13.2 Å². The molecule has 0 amide bonds. The van der Waals surface area contributed by atoms with Crippen molar-refractivity contribution < 1.29 is 23.1 Å². The summed E-state index contributed by atoms with van der Waals surface area (Å²) in [5.74, 6) is -1.36. The van der Waals surface area contributed by atoms with E-state index in [0.717, 1.165) is 12.5 Å². The fraction of sp³-hybridized carbons (Fsp3) is 0.417. The number of carboxylic acids is 1. The van der Waals surface area contributed by atoms with Crippen LogP contribution in [0.5, 0.6) is 0 Å². The van der Waals surface area contributed by atoms with Gasteiger partial charge in [-0.15, -0.1) is 0 Å². The van der Waals surface area contributed by atoms with Crippen molar-refractivity contribution in [2.24, 2.45) is 0 Å². The molecule has 1 unspecified atom stereocenters. The Morgan fingerprint density at radius 2 is 2.21 bits per heavy atom. The SMILES string of the molecule is O=C(O)c1ccc(Cl)c(S(=O)(=O)CC2CCCO2)c1. The van der Waals surface area contributed by atoms with Crippen LogP contribution in [0.3, 0.4) is 0 Å². The minimum atomic E-state index is -3.65. The van der Waals surface area contributed by atoms with Gasteiger partial charge in [-0.25, -0.2) is 13.2 Å². The molecule has 1 aromatic rings. The summed E-state index contributed by atoms with van der Waals surface area (Å²) >= 11 is 5.86. The van der Waals surface area contributed by atoms with Crippen molar-refractivity contribution in [3.8, 4) is 0 Å². The zero-order valence-corrected chi connectivity index (χ0v) is 11.6. The van der Waals surface area contributed by atoms with Crippen molar-refractivity contribution in [3.63, 3.8) is 0 Å². The Labute approximate surface area is 116 Å². The Balaban J connectivity index is 2.33. The third-order valence-electron chi connectivity index (χ3n) is 2.94. The molecule has 1 aliphatic rings. The van der Waals surface area contributed by atoms with Crippen LogP contribution in [0, 0.1) is 0 Å². The third kappa shape index (κ3) is 3.26. The van der Waals surface area contributed by atoms with Crippen LogP contribution in [-0.2, 0) is 14.6 Å². The van der Waals surface area contributed by atoms with E-state index in [1.165, 1.54) is 12.1 Å². The molecule has 1 aromatic carbocycles. The van der Waals surface area contributed by atoms with Crippen molar-refractivity contribution in [3.05, 3.63) is 28.8 Å². The maximum absolute atomic E-state index is 12.2. The van der Waals surface area contributed by atoms with Crippen molar-refractivity contribution >= 4 is 27.4 Å². The number of benzene rings is 1. The second kappa shape index (κ2) is 5.48.